The topological polar surface area (TPSA) is 129 Å². The predicted octanol–water partition coefficient (Wildman–Crippen LogP) is 3.94. The van der Waals surface area contributed by atoms with Crippen molar-refractivity contribution in [2.75, 3.05) is 11.9 Å². The molecule has 0 saturated carbocycles. The summed E-state index contributed by atoms with van der Waals surface area (Å²) in [5, 5.41) is 20.2. The molecule has 182 valence electrons. The maximum atomic E-state index is 12.3. The molecule has 35 heavy (non-hydrogen) atoms. The van der Waals surface area contributed by atoms with Gasteiger partial charge in [-0.25, -0.2) is 9.78 Å². The van der Waals surface area contributed by atoms with Crippen LogP contribution in [0.25, 0.3) is 28.2 Å². The minimum absolute atomic E-state index is 0.0756. The fourth-order valence-electron chi connectivity index (χ4n) is 3.15. The minimum Gasteiger partial charge on any atom is -0.483 e. The lowest BCUT2D eigenvalue weighted by molar-refractivity contribution is -0.123. The maximum absolute atomic E-state index is 12.3. The standard InChI is InChI=1S/C22H18F3N5O2.CH2O2/c23-22(24,25)13-28-21(32)29-17-3-1-2-16(8-17)19-11-27-20-9-15(6-7-30(19)20)18-5-4-14(12-31)10-26-18;2-1-3/h1-11,31H,12-13H2,(H2,28,29,32);1H,(H,2,3). The molecule has 0 saturated heterocycles. The monoisotopic (exact) mass is 487 g/mol. The van der Waals surface area contributed by atoms with Crippen molar-refractivity contribution in [1.82, 2.24) is 19.7 Å². The third-order valence-electron chi connectivity index (χ3n) is 4.68. The highest BCUT2D eigenvalue weighted by Gasteiger charge is 2.27. The zero-order valence-corrected chi connectivity index (χ0v) is 18.0. The number of rotatable bonds is 5. The number of nitrogens with one attached hydrogen (secondary N) is 2. The summed E-state index contributed by atoms with van der Waals surface area (Å²) in [5.74, 6) is 0. The van der Waals surface area contributed by atoms with Gasteiger partial charge in [-0.3, -0.25) is 14.2 Å². The molecular formula is C23H20F3N5O4. The molecule has 4 rings (SSSR count). The Morgan fingerprint density at radius 2 is 1.83 bits per heavy atom. The molecular weight excluding hydrogens is 467 g/mol. The molecule has 4 N–H and O–H groups in total. The lowest BCUT2D eigenvalue weighted by Gasteiger charge is -2.11. The fourth-order valence-corrected chi connectivity index (χ4v) is 3.15. The number of carbonyl (C=O) groups is 2. The first-order valence-corrected chi connectivity index (χ1v) is 10.1. The molecule has 0 atom stereocenters. The Hall–Kier alpha value is -4.45. The Morgan fingerprint density at radius 1 is 1.06 bits per heavy atom. The molecule has 0 fully saturated rings. The summed E-state index contributed by atoms with van der Waals surface area (Å²) in [4.78, 5) is 28.9. The number of benzene rings is 1. The summed E-state index contributed by atoms with van der Waals surface area (Å²) in [7, 11) is 0. The lowest BCUT2D eigenvalue weighted by atomic mass is 10.1. The van der Waals surface area contributed by atoms with Gasteiger partial charge in [0.1, 0.15) is 12.2 Å². The largest absolute Gasteiger partial charge is 0.483 e. The van der Waals surface area contributed by atoms with Crippen LogP contribution in [0.15, 0.2) is 67.1 Å². The normalized spacial score (nSPS) is 10.9. The summed E-state index contributed by atoms with van der Waals surface area (Å²) in [5.41, 5.74) is 4.81. The maximum Gasteiger partial charge on any atom is 0.405 e. The van der Waals surface area contributed by atoms with E-state index in [1.54, 1.807) is 42.0 Å². The van der Waals surface area contributed by atoms with Gasteiger partial charge in [0.05, 0.1) is 24.2 Å². The van der Waals surface area contributed by atoms with Crippen LogP contribution in [-0.4, -0.2) is 49.8 Å². The Morgan fingerprint density at radius 3 is 2.49 bits per heavy atom. The molecule has 0 bridgehead atoms. The third kappa shape index (κ3) is 6.77. The van der Waals surface area contributed by atoms with Gasteiger partial charge >= 0.3 is 12.2 Å². The van der Waals surface area contributed by atoms with Crippen LogP contribution in [-0.2, 0) is 11.4 Å². The second-order valence-corrected chi connectivity index (χ2v) is 7.11. The van der Waals surface area contributed by atoms with Crippen molar-refractivity contribution in [1.29, 1.82) is 0 Å². The minimum atomic E-state index is -4.48. The van der Waals surface area contributed by atoms with Crippen LogP contribution >= 0.6 is 0 Å². The summed E-state index contributed by atoms with van der Waals surface area (Å²) in [6.07, 6.45) is 0.639. The molecule has 2 amide bonds. The number of amides is 2. The molecule has 12 heteroatoms. The Kier molecular flexibility index (Phi) is 8.00. The first kappa shape index (κ1) is 25.2. The van der Waals surface area contributed by atoms with Gasteiger partial charge < -0.3 is 20.8 Å². The first-order chi connectivity index (χ1) is 16.7. The molecule has 3 aromatic heterocycles. The van der Waals surface area contributed by atoms with E-state index in [9.17, 15) is 18.0 Å². The average molecular weight is 487 g/mol. The Balaban J connectivity index is 0.00000108. The first-order valence-electron chi connectivity index (χ1n) is 10.1. The SMILES string of the molecule is O=C(NCC(F)(F)F)Nc1cccc(-c2cnc3cc(-c4ccc(CO)cn4)ccn23)c1.O=CO. The number of hydrogen-bond donors (Lipinski definition) is 4. The van der Waals surface area contributed by atoms with E-state index < -0.39 is 18.8 Å². The third-order valence-corrected chi connectivity index (χ3v) is 4.68. The zero-order chi connectivity index (χ0) is 25.4. The van der Waals surface area contributed by atoms with Crippen molar-refractivity contribution in [2.45, 2.75) is 12.8 Å². The van der Waals surface area contributed by atoms with Gasteiger partial charge in [0, 0.05) is 29.2 Å². The number of aliphatic hydroxyl groups excluding tert-OH is 1. The lowest BCUT2D eigenvalue weighted by Crippen LogP contribution is -2.36. The molecule has 4 aromatic rings. The second kappa shape index (κ2) is 11.1. The van der Waals surface area contributed by atoms with Crippen molar-refractivity contribution in [3.63, 3.8) is 0 Å². The van der Waals surface area contributed by atoms with Crippen LogP contribution in [0.5, 0.6) is 0 Å². The highest BCUT2D eigenvalue weighted by Crippen LogP contribution is 2.26. The second-order valence-electron chi connectivity index (χ2n) is 7.11. The van der Waals surface area contributed by atoms with E-state index in [4.69, 9.17) is 15.0 Å². The molecule has 0 unspecified atom stereocenters. The van der Waals surface area contributed by atoms with Crippen LogP contribution < -0.4 is 10.6 Å². The van der Waals surface area contributed by atoms with Crippen molar-refractivity contribution in [3.05, 3.63) is 72.7 Å². The number of carbonyl (C=O) groups excluding carboxylic acids is 1. The molecule has 0 aliphatic carbocycles. The smallest absolute Gasteiger partial charge is 0.405 e. The van der Waals surface area contributed by atoms with Crippen LogP contribution in [0.1, 0.15) is 5.56 Å². The van der Waals surface area contributed by atoms with Gasteiger partial charge in [0.25, 0.3) is 6.47 Å². The average Bonchev–Trinajstić information content (AvgIpc) is 3.26. The summed E-state index contributed by atoms with van der Waals surface area (Å²) < 4.78 is 38.6. The van der Waals surface area contributed by atoms with Crippen LogP contribution in [0.2, 0.25) is 0 Å². The number of aromatic nitrogens is 3. The van der Waals surface area contributed by atoms with Gasteiger partial charge in [0.2, 0.25) is 0 Å². The van der Waals surface area contributed by atoms with E-state index in [0.29, 0.717) is 11.3 Å². The van der Waals surface area contributed by atoms with Gasteiger partial charge in [-0.2, -0.15) is 13.2 Å². The number of urea groups is 1. The molecule has 0 aliphatic heterocycles. The van der Waals surface area contributed by atoms with E-state index in [1.807, 2.05) is 34.9 Å². The number of fused-ring (bicyclic) bond motifs is 1. The molecule has 9 nitrogen and oxygen atoms in total. The Labute approximate surface area is 196 Å². The predicted molar refractivity (Wildman–Crippen MR) is 122 cm³/mol. The van der Waals surface area contributed by atoms with Crippen molar-refractivity contribution < 1.29 is 33.0 Å². The van der Waals surface area contributed by atoms with E-state index in [2.05, 4.69) is 15.3 Å². The highest BCUT2D eigenvalue weighted by molar-refractivity contribution is 5.90. The van der Waals surface area contributed by atoms with Gasteiger partial charge in [-0.1, -0.05) is 18.2 Å². The summed E-state index contributed by atoms with van der Waals surface area (Å²) in [6.45, 7) is -1.74. The van der Waals surface area contributed by atoms with Gasteiger partial charge in [-0.15, -0.1) is 0 Å². The van der Waals surface area contributed by atoms with E-state index >= 15 is 0 Å². The molecule has 3 heterocycles. The van der Waals surface area contributed by atoms with Crippen molar-refractivity contribution >= 4 is 23.8 Å². The van der Waals surface area contributed by atoms with Crippen LogP contribution in [0.3, 0.4) is 0 Å². The van der Waals surface area contributed by atoms with Crippen molar-refractivity contribution in [2.24, 2.45) is 0 Å². The van der Waals surface area contributed by atoms with Crippen LogP contribution in [0.4, 0.5) is 23.7 Å². The number of nitrogens with zero attached hydrogens (tertiary/aromatic N) is 3. The number of hydrogen-bond acceptors (Lipinski definition) is 5. The number of imidazole rings is 1. The Bertz CT molecular complexity index is 1310. The number of aliphatic hydroxyl groups is 1. The molecule has 0 spiro atoms. The summed E-state index contributed by atoms with van der Waals surface area (Å²) in [6, 6.07) is 13.2. The molecule has 1 aromatic carbocycles. The van der Waals surface area contributed by atoms with E-state index in [0.717, 1.165) is 28.1 Å². The van der Waals surface area contributed by atoms with Crippen LogP contribution in [0, 0.1) is 0 Å². The molecule has 0 aliphatic rings. The number of anilines is 1. The number of pyridine rings is 2. The summed E-state index contributed by atoms with van der Waals surface area (Å²) >= 11 is 0. The number of alkyl halides is 3. The van der Waals surface area contributed by atoms with E-state index in [1.165, 1.54) is 0 Å². The van der Waals surface area contributed by atoms with E-state index in [-0.39, 0.29) is 13.1 Å². The van der Waals surface area contributed by atoms with Gasteiger partial charge in [0.15, 0.2) is 0 Å². The van der Waals surface area contributed by atoms with Gasteiger partial charge in [-0.05, 0) is 35.9 Å². The highest BCUT2D eigenvalue weighted by atomic mass is 19.4. The van der Waals surface area contributed by atoms with Crippen molar-refractivity contribution in [3.8, 4) is 22.5 Å². The number of halogens is 3. The quantitative estimate of drug-likeness (QED) is 0.316. The number of carboxylic acid groups (broad SMARTS) is 1. The molecule has 0 radical (unpaired) electrons. The zero-order valence-electron chi connectivity index (χ0n) is 18.0. The fraction of sp³-hybridized carbons (Fsp3) is 0.130.